The number of nitrogens with one attached hydrogen (secondary N) is 1. The van der Waals surface area contributed by atoms with Gasteiger partial charge in [-0.3, -0.25) is 14.2 Å². The van der Waals surface area contributed by atoms with Crippen molar-refractivity contribution in [2.45, 2.75) is 31.7 Å². The Morgan fingerprint density at radius 3 is 2.63 bits per heavy atom. The van der Waals surface area contributed by atoms with Crippen LogP contribution in [-0.4, -0.2) is 25.7 Å². The third kappa shape index (κ3) is 3.73. The molecule has 0 aliphatic heterocycles. The maximum atomic E-state index is 12.9. The van der Waals surface area contributed by atoms with Gasteiger partial charge < -0.3 is 5.32 Å². The van der Waals surface area contributed by atoms with Gasteiger partial charge in [0.1, 0.15) is 10.8 Å². The number of carbonyl (C=O) groups is 1. The van der Waals surface area contributed by atoms with E-state index >= 15 is 0 Å². The average Bonchev–Trinajstić information content (AvgIpc) is 3.50. The lowest BCUT2D eigenvalue weighted by molar-refractivity contribution is -0.116. The highest BCUT2D eigenvalue weighted by molar-refractivity contribution is 7.18. The Labute approximate surface area is 176 Å². The van der Waals surface area contributed by atoms with Crippen LogP contribution in [0.2, 0.25) is 0 Å². The van der Waals surface area contributed by atoms with Crippen LogP contribution in [0.15, 0.2) is 59.4 Å². The fraction of sp³-hybridized carbons (Fsp3) is 0.227. The predicted octanol–water partition coefficient (Wildman–Crippen LogP) is 3.82. The van der Waals surface area contributed by atoms with Gasteiger partial charge >= 0.3 is 0 Å². The van der Waals surface area contributed by atoms with Gasteiger partial charge in [-0.05, 0) is 25.0 Å². The summed E-state index contributed by atoms with van der Waals surface area (Å²) in [7, 11) is 0. The zero-order chi connectivity index (χ0) is 20.5. The van der Waals surface area contributed by atoms with Gasteiger partial charge in [-0.2, -0.15) is 0 Å². The van der Waals surface area contributed by atoms with Crippen LogP contribution < -0.4 is 10.9 Å². The van der Waals surface area contributed by atoms with E-state index in [1.54, 1.807) is 10.6 Å². The van der Waals surface area contributed by atoms with Crippen LogP contribution in [0.1, 0.15) is 31.1 Å². The molecule has 2 heterocycles. The van der Waals surface area contributed by atoms with Crippen molar-refractivity contribution in [2.24, 2.45) is 0 Å². The SMILES string of the molecule is O=C(CCc1nc2ccccc2c(=O)n1C1CC1)Nc1nnc(-c2ccccc2)s1. The standard InChI is InChI=1S/C22H19N5O2S/c28-19(24-22-26-25-20(30-22)14-6-2-1-3-7-14)13-12-18-23-17-9-5-4-8-16(17)21(29)27(18)15-10-11-15/h1-9,15H,10-13H2,(H,24,26,28). The maximum Gasteiger partial charge on any atom is 0.261 e. The fourth-order valence-electron chi connectivity index (χ4n) is 3.46. The molecule has 1 aliphatic carbocycles. The summed E-state index contributed by atoms with van der Waals surface area (Å²) in [5.41, 5.74) is 1.62. The number of benzene rings is 2. The Morgan fingerprint density at radius 2 is 1.83 bits per heavy atom. The first-order valence-electron chi connectivity index (χ1n) is 9.88. The number of fused-ring (bicyclic) bond motifs is 1. The number of carbonyl (C=O) groups excluding carboxylic acids is 1. The summed E-state index contributed by atoms with van der Waals surface area (Å²) in [4.78, 5) is 30.1. The summed E-state index contributed by atoms with van der Waals surface area (Å²) in [6.07, 6.45) is 2.57. The average molecular weight is 417 g/mol. The van der Waals surface area contributed by atoms with Crippen molar-refractivity contribution in [2.75, 3.05) is 5.32 Å². The third-order valence-electron chi connectivity index (χ3n) is 5.06. The van der Waals surface area contributed by atoms with Crippen molar-refractivity contribution >= 4 is 33.3 Å². The number of aromatic nitrogens is 4. The first kappa shape index (κ1) is 18.6. The summed E-state index contributed by atoms with van der Waals surface area (Å²) in [5.74, 6) is 0.495. The van der Waals surface area contributed by atoms with Crippen molar-refractivity contribution in [1.29, 1.82) is 0 Å². The molecule has 1 fully saturated rings. The predicted molar refractivity (Wildman–Crippen MR) is 117 cm³/mol. The second kappa shape index (κ2) is 7.79. The highest BCUT2D eigenvalue weighted by Gasteiger charge is 2.28. The van der Waals surface area contributed by atoms with E-state index in [1.165, 1.54) is 11.3 Å². The van der Waals surface area contributed by atoms with Crippen LogP contribution in [0.5, 0.6) is 0 Å². The molecule has 1 N–H and O–H groups in total. The lowest BCUT2D eigenvalue weighted by Crippen LogP contribution is -2.25. The molecular weight excluding hydrogens is 398 g/mol. The number of para-hydroxylation sites is 1. The lowest BCUT2D eigenvalue weighted by atomic mass is 10.2. The van der Waals surface area contributed by atoms with Crippen molar-refractivity contribution in [3.63, 3.8) is 0 Å². The minimum Gasteiger partial charge on any atom is -0.301 e. The van der Waals surface area contributed by atoms with Crippen molar-refractivity contribution in [3.05, 3.63) is 70.8 Å². The molecule has 0 radical (unpaired) electrons. The Hall–Kier alpha value is -3.39. The molecule has 150 valence electrons. The van der Waals surface area contributed by atoms with E-state index in [9.17, 15) is 9.59 Å². The molecule has 5 rings (SSSR count). The molecule has 8 heteroatoms. The summed E-state index contributed by atoms with van der Waals surface area (Å²) in [6.45, 7) is 0. The molecule has 0 atom stereocenters. The van der Waals surface area contributed by atoms with Crippen LogP contribution >= 0.6 is 11.3 Å². The van der Waals surface area contributed by atoms with E-state index in [0.29, 0.717) is 28.3 Å². The largest absolute Gasteiger partial charge is 0.301 e. The zero-order valence-electron chi connectivity index (χ0n) is 16.1. The van der Waals surface area contributed by atoms with Crippen LogP contribution in [0.4, 0.5) is 5.13 Å². The van der Waals surface area contributed by atoms with E-state index in [-0.39, 0.29) is 23.9 Å². The highest BCUT2D eigenvalue weighted by atomic mass is 32.1. The smallest absolute Gasteiger partial charge is 0.261 e. The first-order valence-corrected chi connectivity index (χ1v) is 10.7. The topological polar surface area (TPSA) is 89.8 Å². The summed E-state index contributed by atoms with van der Waals surface area (Å²) < 4.78 is 1.77. The van der Waals surface area contributed by atoms with Crippen molar-refractivity contribution in [3.8, 4) is 10.6 Å². The fourth-order valence-corrected chi connectivity index (χ4v) is 4.22. The molecule has 2 aromatic heterocycles. The maximum absolute atomic E-state index is 12.9. The second-order valence-corrected chi connectivity index (χ2v) is 8.26. The Balaban J connectivity index is 1.31. The van der Waals surface area contributed by atoms with E-state index in [1.807, 2.05) is 48.5 Å². The minimum absolute atomic E-state index is 0.0184. The Bertz CT molecular complexity index is 1280. The molecule has 2 aromatic carbocycles. The quantitative estimate of drug-likeness (QED) is 0.515. The molecule has 30 heavy (non-hydrogen) atoms. The molecule has 0 bridgehead atoms. The van der Waals surface area contributed by atoms with Crippen LogP contribution in [-0.2, 0) is 11.2 Å². The summed E-state index contributed by atoms with van der Waals surface area (Å²) in [6, 6.07) is 17.3. The van der Waals surface area contributed by atoms with Crippen LogP contribution in [0.25, 0.3) is 21.5 Å². The summed E-state index contributed by atoms with van der Waals surface area (Å²) >= 11 is 1.33. The van der Waals surface area contributed by atoms with Gasteiger partial charge in [0.25, 0.3) is 5.56 Å². The third-order valence-corrected chi connectivity index (χ3v) is 5.95. The molecule has 1 amide bonds. The minimum atomic E-state index is -0.171. The molecule has 1 aliphatic rings. The number of hydrogen-bond donors (Lipinski definition) is 1. The van der Waals surface area contributed by atoms with Crippen LogP contribution in [0, 0.1) is 0 Å². The van der Waals surface area contributed by atoms with Gasteiger partial charge in [-0.1, -0.05) is 53.8 Å². The first-order chi connectivity index (χ1) is 14.7. The molecule has 0 spiro atoms. The normalized spacial score (nSPS) is 13.5. The number of anilines is 1. The molecule has 7 nitrogen and oxygen atoms in total. The van der Waals surface area contributed by atoms with Crippen molar-refractivity contribution < 1.29 is 4.79 Å². The Kier molecular flexibility index (Phi) is 4.84. The highest BCUT2D eigenvalue weighted by Crippen LogP contribution is 2.35. The second-order valence-electron chi connectivity index (χ2n) is 7.28. The Morgan fingerprint density at radius 1 is 1.07 bits per heavy atom. The van der Waals surface area contributed by atoms with Gasteiger partial charge in [0.15, 0.2) is 0 Å². The van der Waals surface area contributed by atoms with E-state index < -0.39 is 0 Å². The number of rotatable bonds is 6. The molecule has 1 saturated carbocycles. The van der Waals surface area contributed by atoms with E-state index in [4.69, 9.17) is 0 Å². The van der Waals surface area contributed by atoms with Crippen molar-refractivity contribution in [1.82, 2.24) is 19.7 Å². The summed E-state index contributed by atoms with van der Waals surface area (Å²) in [5, 5.41) is 12.9. The number of nitrogens with zero attached hydrogens (tertiary/aromatic N) is 4. The van der Waals surface area contributed by atoms with E-state index in [2.05, 4.69) is 20.5 Å². The molecular formula is C22H19N5O2S. The number of amides is 1. The van der Waals surface area contributed by atoms with E-state index in [0.717, 1.165) is 23.4 Å². The van der Waals surface area contributed by atoms with Gasteiger partial charge in [0, 0.05) is 24.4 Å². The monoisotopic (exact) mass is 417 g/mol. The zero-order valence-corrected chi connectivity index (χ0v) is 16.9. The molecule has 0 saturated heterocycles. The van der Waals surface area contributed by atoms with Gasteiger partial charge in [0.2, 0.25) is 11.0 Å². The molecule has 0 unspecified atom stereocenters. The number of aryl methyl sites for hydroxylation is 1. The molecule has 4 aromatic rings. The lowest BCUT2D eigenvalue weighted by Gasteiger charge is -2.12. The van der Waals surface area contributed by atoms with Gasteiger partial charge in [0.05, 0.1) is 10.9 Å². The van der Waals surface area contributed by atoms with Gasteiger partial charge in [-0.15, -0.1) is 10.2 Å². The van der Waals surface area contributed by atoms with Crippen LogP contribution in [0.3, 0.4) is 0 Å². The van der Waals surface area contributed by atoms with Gasteiger partial charge in [-0.25, -0.2) is 4.98 Å². The number of hydrogen-bond acceptors (Lipinski definition) is 6.